The summed E-state index contributed by atoms with van der Waals surface area (Å²) in [6.45, 7) is 2.49. The first-order valence-electron chi connectivity index (χ1n) is 6.10. The van der Waals surface area contributed by atoms with E-state index in [-0.39, 0.29) is 11.6 Å². The SMILES string of the molecule is CCCCc1nc(COc2ccccc2F)cs1. The number of benzene rings is 1. The number of nitrogens with zero attached hydrogens (tertiary/aromatic N) is 1. The molecular formula is C14H16FNOS. The van der Waals surface area contributed by atoms with E-state index >= 15 is 0 Å². The normalized spacial score (nSPS) is 10.6. The fraction of sp³-hybridized carbons (Fsp3) is 0.357. The molecule has 18 heavy (non-hydrogen) atoms. The molecule has 0 aliphatic heterocycles. The lowest BCUT2D eigenvalue weighted by atomic mass is 10.3. The Labute approximate surface area is 110 Å². The van der Waals surface area contributed by atoms with Gasteiger partial charge in [-0.1, -0.05) is 25.5 Å². The summed E-state index contributed by atoms with van der Waals surface area (Å²) in [4.78, 5) is 4.46. The number of thiazole rings is 1. The van der Waals surface area contributed by atoms with E-state index in [1.165, 1.54) is 12.5 Å². The third kappa shape index (κ3) is 3.53. The van der Waals surface area contributed by atoms with E-state index in [1.807, 2.05) is 5.38 Å². The fourth-order valence-corrected chi connectivity index (χ4v) is 2.40. The molecule has 2 rings (SSSR count). The lowest BCUT2D eigenvalue weighted by molar-refractivity contribution is 0.286. The number of para-hydroxylation sites is 1. The Morgan fingerprint density at radius 3 is 2.94 bits per heavy atom. The summed E-state index contributed by atoms with van der Waals surface area (Å²) >= 11 is 1.64. The molecule has 0 fully saturated rings. The number of halogens is 1. The van der Waals surface area contributed by atoms with Gasteiger partial charge >= 0.3 is 0 Å². The summed E-state index contributed by atoms with van der Waals surface area (Å²) < 4.78 is 18.7. The molecule has 0 atom stereocenters. The van der Waals surface area contributed by atoms with Crippen LogP contribution in [0.25, 0.3) is 0 Å². The smallest absolute Gasteiger partial charge is 0.165 e. The van der Waals surface area contributed by atoms with Crippen molar-refractivity contribution in [3.05, 3.63) is 46.2 Å². The molecule has 0 spiro atoms. The van der Waals surface area contributed by atoms with Crippen LogP contribution in [-0.4, -0.2) is 4.98 Å². The largest absolute Gasteiger partial charge is 0.484 e. The van der Waals surface area contributed by atoms with E-state index in [0.717, 1.165) is 23.5 Å². The molecule has 96 valence electrons. The first-order chi connectivity index (χ1) is 8.79. The molecule has 0 amide bonds. The molecule has 2 nitrogen and oxygen atoms in total. The molecule has 0 N–H and O–H groups in total. The predicted molar refractivity (Wildman–Crippen MR) is 71.5 cm³/mol. The number of hydrogen-bond acceptors (Lipinski definition) is 3. The highest BCUT2D eigenvalue weighted by Gasteiger charge is 2.05. The van der Waals surface area contributed by atoms with Crippen LogP contribution in [0.2, 0.25) is 0 Å². The quantitative estimate of drug-likeness (QED) is 0.780. The van der Waals surface area contributed by atoms with Crippen molar-refractivity contribution in [2.24, 2.45) is 0 Å². The molecule has 0 unspecified atom stereocenters. The molecule has 1 aromatic heterocycles. The van der Waals surface area contributed by atoms with Crippen LogP contribution in [-0.2, 0) is 13.0 Å². The van der Waals surface area contributed by atoms with E-state index in [0.29, 0.717) is 6.61 Å². The van der Waals surface area contributed by atoms with Gasteiger partial charge in [0.15, 0.2) is 11.6 Å². The van der Waals surface area contributed by atoms with Crippen LogP contribution >= 0.6 is 11.3 Å². The molecule has 0 bridgehead atoms. The number of hydrogen-bond donors (Lipinski definition) is 0. The van der Waals surface area contributed by atoms with Crippen LogP contribution in [0.1, 0.15) is 30.5 Å². The lowest BCUT2D eigenvalue weighted by Gasteiger charge is -2.04. The summed E-state index contributed by atoms with van der Waals surface area (Å²) in [7, 11) is 0. The monoisotopic (exact) mass is 265 g/mol. The van der Waals surface area contributed by atoms with Gasteiger partial charge in [-0.25, -0.2) is 9.37 Å². The van der Waals surface area contributed by atoms with E-state index in [9.17, 15) is 4.39 Å². The Hall–Kier alpha value is -1.42. The maximum Gasteiger partial charge on any atom is 0.165 e. The molecule has 0 aliphatic rings. The summed E-state index contributed by atoms with van der Waals surface area (Å²) in [5.74, 6) is -0.0560. The first kappa shape index (κ1) is 13.0. The van der Waals surface area contributed by atoms with Gasteiger partial charge in [-0.3, -0.25) is 0 Å². The molecule has 1 heterocycles. The summed E-state index contributed by atoms with van der Waals surface area (Å²) in [6, 6.07) is 6.42. The Kier molecular flexibility index (Phi) is 4.70. The third-order valence-electron chi connectivity index (χ3n) is 2.56. The Morgan fingerprint density at radius 2 is 2.17 bits per heavy atom. The van der Waals surface area contributed by atoms with Crippen molar-refractivity contribution >= 4 is 11.3 Å². The first-order valence-corrected chi connectivity index (χ1v) is 6.98. The van der Waals surface area contributed by atoms with Gasteiger partial charge in [0, 0.05) is 5.38 Å². The second kappa shape index (κ2) is 6.50. The van der Waals surface area contributed by atoms with Crippen molar-refractivity contribution in [2.75, 3.05) is 0 Å². The maximum absolute atomic E-state index is 13.3. The highest BCUT2D eigenvalue weighted by atomic mass is 32.1. The van der Waals surface area contributed by atoms with Crippen LogP contribution in [0.3, 0.4) is 0 Å². The Balaban J connectivity index is 1.90. The van der Waals surface area contributed by atoms with Crippen molar-refractivity contribution in [1.82, 2.24) is 4.98 Å². The number of aryl methyl sites for hydroxylation is 1. The number of aromatic nitrogens is 1. The summed E-state index contributed by atoms with van der Waals surface area (Å²) in [5, 5.41) is 3.11. The Bertz CT molecular complexity index is 498. The molecule has 0 saturated carbocycles. The molecule has 0 radical (unpaired) electrons. The molecule has 2 aromatic rings. The van der Waals surface area contributed by atoms with Gasteiger partial charge < -0.3 is 4.74 Å². The second-order valence-electron chi connectivity index (χ2n) is 4.06. The van der Waals surface area contributed by atoms with Gasteiger partial charge in [0.2, 0.25) is 0 Å². The molecule has 0 aliphatic carbocycles. The predicted octanol–water partition coefficient (Wildman–Crippen LogP) is 4.20. The summed E-state index contributed by atoms with van der Waals surface area (Å²) in [6.07, 6.45) is 3.34. The van der Waals surface area contributed by atoms with Crippen molar-refractivity contribution in [3.8, 4) is 5.75 Å². The fourth-order valence-electron chi connectivity index (χ4n) is 1.57. The third-order valence-corrected chi connectivity index (χ3v) is 3.51. The van der Waals surface area contributed by atoms with Gasteiger partial charge in [0.05, 0.1) is 10.7 Å². The molecule has 0 saturated heterocycles. The zero-order chi connectivity index (χ0) is 12.8. The average Bonchev–Trinajstić information content (AvgIpc) is 2.83. The summed E-state index contributed by atoms with van der Waals surface area (Å²) in [5.41, 5.74) is 0.870. The van der Waals surface area contributed by atoms with Crippen LogP contribution in [0.4, 0.5) is 4.39 Å². The highest BCUT2D eigenvalue weighted by Crippen LogP contribution is 2.18. The van der Waals surface area contributed by atoms with Crippen LogP contribution in [0, 0.1) is 5.82 Å². The molecule has 4 heteroatoms. The number of rotatable bonds is 6. The zero-order valence-electron chi connectivity index (χ0n) is 10.4. The van der Waals surface area contributed by atoms with Crippen LogP contribution in [0.5, 0.6) is 5.75 Å². The van der Waals surface area contributed by atoms with Gasteiger partial charge in [-0.2, -0.15) is 0 Å². The maximum atomic E-state index is 13.3. The van der Waals surface area contributed by atoms with Crippen LogP contribution in [0.15, 0.2) is 29.6 Å². The molecular weight excluding hydrogens is 249 g/mol. The van der Waals surface area contributed by atoms with E-state index in [2.05, 4.69) is 11.9 Å². The van der Waals surface area contributed by atoms with E-state index < -0.39 is 0 Å². The van der Waals surface area contributed by atoms with Gasteiger partial charge in [0.1, 0.15) is 6.61 Å². The standard InChI is InChI=1S/C14H16FNOS/c1-2-3-8-14-16-11(10-18-14)9-17-13-7-5-4-6-12(13)15/h4-7,10H,2-3,8-9H2,1H3. The van der Waals surface area contributed by atoms with Gasteiger partial charge in [0.25, 0.3) is 0 Å². The minimum atomic E-state index is -0.334. The molecule has 1 aromatic carbocycles. The number of unbranched alkanes of at least 4 members (excludes halogenated alkanes) is 1. The topological polar surface area (TPSA) is 22.1 Å². The highest BCUT2D eigenvalue weighted by molar-refractivity contribution is 7.09. The van der Waals surface area contributed by atoms with Crippen molar-refractivity contribution < 1.29 is 9.13 Å². The van der Waals surface area contributed by atoms with Crippen LogP contribution < -0.4 is 4.74 Å². The minimum Gasteiger partial charge on any atom is -0.484 e. The zero-order valence-corrected chi connectivity index (χ0v) is 11.2. The average molecular weight is 265 g/mol. The van der Waals surface area contributed by atoms with E-state index in [1.54, 1.807) is 29.5 Å². The number of ether oxygens (including phenoxy) is 1. The minimum absolute atomic E-state index is 0.278. The van der Waals surface area contributed by atoms with Crippen molar-refractivity contribution in [2.45, 2.75) is 32.8 Å². The lowest BCUT2D eigenvalue weighted by Crippen LogP contribution is -1.98. The van der Waals surface area contributed by atoms with Crippen molar-refractivity contribution in [3.63, 3.8) is 0 Å². The van der Waals surface area contributed by atoms with Gasteiger partial charge in [-0.05, 0) is 25.0 Å². The van der Waals surface area contributed by atoms with Gasteiger partial charge in [-0.15, -0.1) is 11.3 Å². The second-order valence-corrected chi connectivity index (χ2v) is 5.00. The van der Waals surface area contributed by atoms with E-state index in [4.69, 9.17) is 4.74 Å². The van der Waals surface area contributed by atoms with Crippen molar-refractivity contribution in [1.29, 1.82) is 0 Å². The Morgan fingerprint density at radius 1 is 1.33 bits per heavy atom.